The first kappa shape index (κ1) is 16.9. The number of nitriles is 1. The van der Waals surface area contributed by atoms with Crippen LogP contribution >= 0.6 is 0 Å². The van der Waals surface area contributed by atoms with Crippen LogP contribution in [0.25, 0.3) is 0 Å². The van der Waals surface area contributed by atoms with Gasteiger partial charge in [0.05, 0.1) is 12.8 Å². The Bertz CT molecular complexity index is 843. The summed E-state index contributed by atoms with van der Waals surface area (Å²) < 4.78 is 20.7. The molecule has 0 saturated heterocycles. The molecule has 8 heteroatoms. The Balaban J connectivity index is 2.00. The van der Waals surface area contributed by atoms with Gasteiger partial charge in [-0.3, -0.25) is 14.4 Å². The highest BCUT2D eigenvalue weighted by atomic mass is 19.1. The number of hydrogen-bond acceptors (Lipinski definition) is 5. The quantitative estimate of drug-likeness (QED) is 0.911. The molecular formula is C17H17FN4O3. The number of nitrogens with zero attached hydrogens (tertiary/aromatic N) is 4. The molecule has 0 fully saturated rings. The average Bonchev–Trinajstić information content (AvgIpc) is 2.87. The van der Waals surface area contributed by atoms with Crippen molar-refractivity contribution < 1.29 is 19.0 Å². The monoisotopic (exact) mass is 344 g/mol. The van der Waals surface area contributed by atoms with Crippen molar-refractivity contribution in [1.29, 1.82) is 5.26 Å². The highest BCUT2D eigenvalue weighted by Crippen LogP contribution is 2.32. The molecule has 1 N–H and O–H groups in total. The summed E-state index contributed by atoms with van der Waals surface area (Å²) in [5.41, 5.74) is 1.33. The fourth-order valence-electron chi connectivity index (χ4n) is 3.17. The minimum Gasteiger partial charge on any atom is -0.496 e. The molecule has 25 heavy (non-hydrogen) atoms. The van der Waals surface area contributed by atoms with Gasteiger partial charge in [-0.2, -0.15) is 10.4 Å². The zero-order valence-corrected chi connectivity index (χ0v) is 13.6. The van der Waals surface area contributed by atoms with Crippen LogP contribution in [0.1, 0.15) is 29.4 Å². The van der Waals surface area contributed by atoms with Gasteiger partial charge in [-0.15, -0.1) is 0 Å². The molecule has 0 saturated carbocycles. The van der Waals surface area contributed by atoms with E-state index >= 15 is 0 Å². The van der Waals surface area contributed by atoms with Crippen molar-refractivity contribution in [2.45, 2.75) is 25.6 Å². The molecule has 0 aliphatic carbocycles. The van der Waals surface area contributed by atoms with E-state index in [2.05, 4.69) is 5.10 Å². The van der Waals surface area contributed by atoms with Crippen LogP contribution in [0.5, 0.6) is 5.75 Å². The van der Waals surface area contributed by atoms with E-state index in [1.54, 1.807) is 15.6 Å². The lowest BCUT2D eigenvalue weighted by Gasteiger charge is -2.28. The van der Waals surface area contributed by atoms with E-state index in [4.69, 9.17) is 10.00 Å². The number of halogens is 1. The van der Waals surface area contributed by atoms with E-state index in [0.717, 1.165) is 5.69 Å². The molecule has 2 heterocycles. The zero-order chi connectivity index (χ0) is 18.0. The van der Waals surface area contributed by atoms with Gasteiger partial charge in [0.2, 0.25) is 0 Å². The maximum atomic E-state index is 13.7. The summed E-state index contributed by atoms with van der Waals surface area (Å²) in [7, 11) is 1.42. The minimum absolute atomic E-state index is 0.267. The Hall–Kier alpha value is -2.92. The molecule has 7 nitrogen and oxygen atoms in total. The number of ether oxygens (including phenoxy) is 1. The topological polar surface area (TPSA) is 91.4 Å². The van der Waals surface area contributed by atoms with Crippen LogP contribution in [0.4, 0.5) is 4.39 Å². The number of hydrogen-bond donors (Lipinski definition) is 1. The predicted octanol–water partition coefficient (Wildman–Crippen LogP) is 1.93. The third kappa shape index (κ3) is 3.32. The number of carboxylic acids is 1. The van der Waals surface area contributed by atoms with Gasteiger partial charge in [0, 0.05) is 25.2 Å². The van der Waals surface area contributed by atoms with E-state index in [-0.39, 0.29) is 5.56 Å². The van der Waals surface area contributed by atoms with E-state index in [0.29, 0.717) is 37.5 Å². The fraction of sp³-hybridized carbons (Fsp3) is 0.353. The number of methoxy groups -OCH3 is 1. The maximum Gasteiger partial charge on any atom is 0.325 e. The number of aromatic nitrogens is 2. The summed E-state index contributed by atoms with van der Waals surface area (Å²) in [4.78, 5) is 13.7. The second-order valence-electron chi connectivity index (χ2n) is 5.81. The van der Waals surface area contributed by atoms with Gasteiger partial charge >= 0.3 is 5.97 Å². The first-order chi connectivity index (χ1) is 12.0. The third-order valence-corrected chi connectivity index (χ3v) is 4.24. The lowest BCUT2D eigenvalue weighted by atomic mass is 10.0. The number of carboxylic acid groups (broad SMARTS) is 1. The molecule has 1 atom stereocenters. The molecule has 1 aromatic carbocycles. The van der Waals surface area contributed by atoms with E-state index in [9.17, 15) is 14.3 Å². The number of fused-ring (bicyclic) bond motifs is 1. The molecule has 3 rings (SSSR count). The van der Waals surface area contributed by atoms with Crippen molar-refractivity contribution in [1.82, 2.24) is 14.7 Å². The molecule has 0 bridgehead atoms. The molecule has 0 amide bonds. The van der Waals surface area contributed by atoms with Crippen molar-refractivity contribution in [3.8, 4) is 11.8 Å². The number of benzene rings is 1. The Morgan fingerprint density at radius 2 is 2.24 bits per heavy atom. The Kier molecular flexibility index (Phi) is 4.67. The van der Waals surface area contributed by atoms with Crippen molar-refractivity contribution in [3.63, 3.8) is 0 Å². The summed E-state index contributed by atoms with van der Waals surface area (Å²) in [5, 5.41) is 23.0. The van der Waals surface area contributed by atoms with E-state index in [1.807, 2.05) is 6.07 Å². The molecule has 1 aliphatic rings. The second kappa shape index (κ2) is 6.91. The van der Waals surface area contributed by atoms with Gasteiger partial charge in [-0.25, -0.2) is 4.39 Å². The van der Waals surface area contributed by atoms with Crippen LogP contribution in [0.15, 0.2) is 24.3 Å². The molecule has 1 aliphatic heterocycles. The van der Waals surface area contributed by atoms with E-state index in [1.165, 1.54) is 25.3 Å². The van der Waals surface area contributed by atoms with Crippen molar-refractivity contribution in [3.05, 3.63) is 47.0 Å². The van der Waals surface area contributed by atoms with Crippen LogP contribution < -0.4 is 4.74 Å². The first-order valence-electron chi connectivity index (χ1n) is 7.80. The summed E-state index contributed by atoms with van der Waals surface area (Å²) >= 11 is 0. The SMILES string of the molecule is COc1ccc(F)cc1C(C(=O)O)N1CCCn2nc(C#N)cc2C1. The summed E-state index contributed by atoms with van der Waals surface area (Å²) in [6, 6.07) is 6.44. The second-order valence-corrected chi connectivity index (χ2v) is 5.81. The number of rotatable bonds is 4. The van der Waals surface area contributed by atoms with Gasteiger partial charge in [-0.1, -0.05) is 0 Å². The van der Waals surface area contributed by atoms with Crippen molar-refractivity contribution in [2.75, 3.05) is 13.7 Å². The molecule has 2 aromatic rings. The van der Waals surface area contributed by atoms with Gasteiger partial charge < -0.3 is 9.84 Å². The van der Waals surface area contributed by atoms with Gasteiger partial charge in [-0.05, 0) is 30.7 Å². The van der Waals surface area contributed by atoms with Crippen LogP contribution in [0, 0.1) is 17.1 Å². The maximum absolute atomic E-state index is 13.7. The highest BCUT2D eigenvalue weighted by Gasteiger charge is 2.32. The molecule has 1 unspecified atom stereocenters. The minimum atomic E-state index is -1.09. The number of carbonyl (C=O) groups is 1. The summed E-state index contributed by atoms with van der Waals surface area (Å²) in [6.07, 6.45) is 0.668. The normalized spacial score (nSPS) is 15.7. The van der Waals surface area contributed by atoms with Gasteiger partial charge in [0.15, 0.2) is 5.69 Å². The number of aryl methyl sites for hydroxylation is 1. The van der Waals surface area contributed by atoms with Crippen molar-refractivity contribution >= 4 is 5.97 Å². The smallest absolute Gasteiger partial charge is 0.325 e. The standard InChI is InChI=1S/C17H17FN4O3/c1-25-15-4-3-11(18)7-14(15)16(17(23)24)21-5-2-6-22-13(10-21)8-12(9-19)20-22/h3-4,7-8,16H,2,5-6,10H2,1H3,(H,23,24). The summed E-state index contributed by atoms with van der Waals surface area (Å²) in [5.74, 6) is -1.28. The Labute approximate surface area is 143 Å². The molecule has 0 radical (unpaired) electrons. The van der Waals surface area contributed by atoms with Crippen LogP contribution in [-0.4, -0.2) is 39.4 Å². The van der Waals surface area contributed by atoms with Crippen LogP contribution in [0.2, 0.25) is 0 Å². The molecular weight excluding hydrogens is 327 g/mol. The fourth-order valence-corrected chi connectivity index (χ4v) is 3.17. The molecule has 1 aromatic heterocycles. The first-order valence-corrected chi connectivity index (χ1v) is 7.80. The molecule has 130 valence electrons. The Morgan fingerprint density at radius 1 is 1.44 bits per heavy atom. The van der Waals surface area contributed by atoms with Crippen LogP contribution in [0.3, 0.4) is 0 Å². The molecule has 0 spiro atoms. The van der Waals surface area contributed by atoms with Gasteiger partial charge in [0.1, 0.15) is 23.7 Å². The summed E-state index contributed by atoms with van der Waals surface area (Å²) in [6.45, 7) is 1.40. The Morgan fingerprint density at radius 3 is 2.92 bits per heavy atom. The zero-order valence-electron chi connectivity index (χ0n) is 13.6. The predicted molar refractivity (Wildman–Crippen MR) is 85.3 cm³/mol. The highest BCUT2D eigenvalue weighted by molar-refractivity contribution is 5.76. The lowest BCUT2D eigenvalue weighted by molar-refractivity contribution is -0.144. The average molecular weight is 344 g/mol. The lowest BCUT2D eigenvalue weighted by Crippen LogP contribution is -2.34. The van der Waals surface area contributed by atoms with Crippen molar-refractivity contribution in [2.24, 2.45) is 0 Å². The number of aliphatic carboxylic acids is 1. The largest absolute Gasteiger partial charge is 0.496 e. The van der Waals surface area contributed by atoms with Crippen LogP contribution in [-0.2, 0) is 17.9 Å². The van der Waals surface area contributed by atoms with Gasteiger partial charge in [0.25, 0.3) is 0 Å². The third-order valence-electron chi connectivity index (χ3n) is 4.24. The van der Waals surface area contributed by atoms with E-state index < -0.39 is 17.8 Å².